The molecule has 3 aliphatic rings. The van der Waals surface area contributed by atoms with Crippen molar-refractivity contribution in [1.29, 1.82) is 0 Å². The molecule has 3 N–H and O–H groups in total. The second-order valence-electron chi connectivity index (χ2n) is 12.9. The Morgan fingerprint density at radius 2 is 1.87 bits per heavy atom. The maximum absolute atomic E-state index is 14.1. The molecule has 0 aliphatic carbocycles. The molecule has 2 aromatic rings. The van der Waals surface area contributed by atoms with Crippen LogP contribution in [-0.2, 0) is 30.2 Å². The highest BCUT2D eigenvalue weighted by molar-refractivity contribution is 5.99. The first-order chi connectivity index (χ1) is 21.9. The number of rotatable bonds is 4. The number of fused-ring (bicyclic) bond motifs is 5. The number of benzene rings is 2. The van der Waals surface area contributed by atoms with E-state index in [0.717, 1.165) is 22.3 Å². The third-order valence-electron chi connectivity index (χ3n) is 8.96. The van der Waals surface area contributed by atoms with Gasteiger partial charge in [0, 0.05) is 36.7 Å². The summed E-state index contributed by atoms with van der Waals surface area (Å²) in [5, 5.41) is 2.92. The molecule has 2 amide bonds. The van der Waals surface area contributed by atoms with Gasteiger partial charge in [0.05, 0.1) is 31.2 Å². The molecule has 10 nitrogen and oxygen atoms in total. The van der Waals surface area contributed by atoms with Gasteiger partial charge in [0.15, 0.2) is 0 Å². The number of hydrogen-bond donors (Lipinski definition) is 2. The molecule has 10 heteroatoms. The van der Waals surface area contributed by atoms with Crippen LogP contribution < -0.4 is 20.7 Å². The van der Waals surface area contributed by atoms with Crippen molar-refractivity contribution >= 4 is 29.3 Å². The average Bonchev–Trinajstić information content (AvgIpc) is 3.82. The molecule has 2 saturated heterocycles. The van der Waals surface area contributed by atoms with Crippen molar-refractivity contribution in [3.63, 3.8) is 0 Å². The molecular weight excluding hydrogens is 586 g/mol. The molecular formula is C36H45N3O7. The number of nitrogens with zero attached hydrogens (tertiary/aromatic N) is 1. The summed E-state index contributed by atoms with van der Waals surface area (Å²) in [6, 6.07) is 11.3. The Morgan fingerprint density at radius 3 is 2.57 bits per heavy atom. The molecule has 5 rings (SSSR count). The fourth-order valence-electron chi connectivity index (χ4n) is 6.21. The molecule has 2 fully saturated rings. The number of allylic oxidation sites excluding steroid dienone is 3. The molecule has 46 heavy (non-hydrogen) atoms. The molecule has 6 atom stereocenters. The van der Waals surface area contributed by atoms with Crippen LogP contribution in [0.1, 0.15) is 52.5 Å². The number of nitrogen functional groups attached to an aromatic ring is 1. The van der Waals surface area contributed by atoms with Crippen LogP contribution >= 0.6 is 0 Å². The van der Waals surface area contributed by atoms with Gasteiger partial charge in [-0.3, -0.25) is 9.59 Å². The van der Waals surface area contributed by atoms with Gasteiger partial charge in [0.1, 0.15) is 24.1 Å². The number of epoxide rings is 1. The standard InChI is InChI=1S/C36H45N3O7/c1-20(2)35(41)44-30-19-31(40)39(5)27-16-23(17-29(43-6)32(27)24-11-13-25(37)14-12-24)15-21(3)9-7-8-10-26-18-28(45-36(42)38-26)22(4)33-34(30)46-33/h7-9,11-14,16-17,20,22,26,28,30,33-34H,10,15,18-19,37H2,1-6H3,(H,38,42)/b8-7+,21-9+/t22-,26?,28?,30?,33+,34?/m1/s1. The maximum atomic E-state index is 14.1. The maximum Gasteiger partial charge on any atom is 0.407 e. The fourth-order valence-corrected chi connectivity index (χ4v) is 6.21. The Balaban J connectivity index is 1.56. The van der Waals surface area contributed by atoms with Crippen LogP contribution in [0, 0.1) is 11.8 Å². The first-order valence-corrected chi connectivity index (χ1v) is 15.9. The van der Waals surface area contributed by atoms with E-state index in [-0.39, 0.29) is 42.4 Å². The van der Waals surface area contributed by atoms with Crippen molar-refractivity contribution in [2.24, 2.45) is 11.8 Å². The highest BCUT2D eigenvalue weighted by Crippen LogP contribution is 2.42. The minimum absolute atomic E-state index is 0.0876. The molecule has 0 aromatic heterocycles. The van der Waals surface area contributed by atoms with Crippen LogP contribution in [0.5, 0.6) is 5.75 Å². The molecule has 0 spiro atoms. The van der Waals surface area contributed by atoms with E-state index in [9.17, 15) is 14.4 Å². The monoisotopic (exact) mass is 631 g/mol. The first-order valence-electron chi connectivity index (χ1n) is 15.9. The molecule has 246 valence electrons. The lowest BCUT2D eigenvalue weighted by atomic mass is 9.90. The molecule has 0 radical (unpaired) electrons. The van der Waals surface area contributed by atoms with Crippen molar-refractivity contribution in [3.05, 3.63) is 65.8 Å². The van der Waals surface area contributed by atoms with Crippen LogP contribution in [0.15, 0.2) is 60.2 Å². The van der Waals surface area contributed by atoms with Crippen LogP contribution in [0.4, 0.5) is 16.2 Å². The summed E-state index contributed by atoms with van der Waals surface area (Å²) in [6.45, 7) is 7.53. The Kier molecular flexibility index (Phi) is 10.1. The summed E-state index contributed by atoms with van der Waals surface area (Å²) in [5.74, 6) is -0.586. The van der Waals surface area contributed by atoms with Gasteiger partial charge >= 0.3 is 12.1 Å². The summed E-state index contributed by atoms with van der Waals surface area (Å²) in [6.07, 6.45) is 5.43. The van der Waals surface area contributed by atoms with E-state index in [1.807, 2.05) is 49.4 Å². The predicted octanol–water partition coefficient (Wildman–Crippen LogP) is 5.58. The predicted molar refractivity (Wildman–Crippen MR) is 176 cm³/mol. The summed E-state index contributed by atoms with van der Waals surface area (Å²) >= 11 is 0. The van der Waals surface area contributed by atoms with Gasteiger partial charge < -0.3 is 34.9 Å². The lowest BCUT2D eigenvalue weighted by Crippen LogP contribution is -2.48. The van der Waals surface area contributed by atoms with E-state index < -0.39 is 24.3 Å². The summed E-state index contributed by atoms with van der Waals surface area (Å²) in [7, 11) is 3.34. The molecule has 2 aromatic carbocycles. The van der Waals surface area contributed by atoms with E-state index in [2.05, 4.69) is 24.4 Å². The third-order valence-corrected chi connectivity index (χ3v) is 8.96. The van der Waals surface area contributed by atoms with Gasteiger partial charge in [-0.2, -0.15) is 0 Å². The van der Waals surface area contributed by atoms with Gasteiger partial charge in [-0.05, 0) is 55.2 Å². The summed E-state index contributed by atoms with van der Waals surface area (Å²) in [4.78, 5) is 41.0. The van der Waals surface area contributed by atoms with Crippen LogP contribution in [-0.4, -0.2) is 62.6 Å². The van der Waals surface area contributed by atoms with Gasteiger partial charge in [0.2, 0.25) is 5.91 Å². The molecule has 4 unspecified atom stereocenters. The van der Waals surface area contributed by atoms with E-state index >= 15 is 0 Å². The highest BCUT2D eigenvalue weighted by atomic mass is 16.6. The SMILES string of the molecule is COc1cc2cc(c1-c1ccc(N)cc1)N(C)C(=O)CC(OC(=O)C(C)C)C1O[C@H]1[C@H](C)C1CC(C/C=C/C=C(\C)C2)NC(=O)O1. The number of alkyl carbamates (subject to hydrolysis) is 1. The highest BCUT2D eigenvalue weighted by Gasteiger charge is 2.53. The Labute approximate surface area is 270 Å². The second-order valence-corrected chi connectivity index (χ2v) is 12.9. The molecule has 3 heterocycles. The fraction of sp³-hybridized carbons (Fsp3) is 0.472. The van der Waals surface area contributed by atoms with E-state index in [0.29, 0.717) is 36.4 Å². The van der Waals surface area contributed by atoms with Gasteiger partial charge in [0.25, 0.3) is 0 Å². The first kappa shape index (κ1) is 33.1. The normalized spacial score (nSPS) is 28.7. The van der Waals surface area contributed by atoms with Crippen molar-refractivity contribution in [2.45, 2.75) is 83.8 Å². The van der Waals surface area contributed by atoms with Gasteiger partial charge in [-0.25, -0.2) is 4.79 Å². The summed E-state index contributed by atoms with van der Waals surface area (Å²) < 4.78 is 23.6. The number of nitrogens with two attached hydrogens (primary N) is 1. The number of carbonyl (C=O) groups excluding carboxylic acids is 3. The van der Waals surface area contributed by atoms with Crippen LogP contribution in [0.3, 0.4) is 0 Å². The number of amides is 2. The lowest BCUT2D eigenvalue weighted by molar-refractivity contribution is -0.155. The third kappa shape index (κ3) is 7.55. The number of carbonyl (C=O) groups is 3. The lowest BCUT2D eigenvalue weighted by Gasteiger charge is -2.33. The van der Waals surface area contributed by atoms with Crippen molar-refractivity contribution in [2.75, 3.05) is 24.8 Å². The number of ether oxygens (including phenoxy) is 4. The Morgan fingerprint density at radius 1 is 1.13 bits per heavy atom. The second kappa shape index (κ2) is 14.0. The minimum atomic E-state index is -0.814. The minimum Gasteiger partial charge on any atom is -0.496 e. The molecule has 0 saturated carbocycles. The van der Waals surface area contributed by atoms with Crippen LogP contribution in [0.25, 0.3) is 11.1 Å². The molecule has 3 aliphatic heterocycles. The number of esters is 1. The number of hydrogen-bond acceptors (Lipinski definition) is 8. The van der Waals surface area contributed by atoms with E-state index in [1.54, 1.807) is 32.9 Å². The van der Waals surface area contributed by atoms with Crippen molar-refractivity contribution in [1.82, 2.24) is 5.32 Å². The molecule has 4 bridgehead atoms. The van der Waals surface area contributed by atoms with Gasteiger partial charge in [-0.1, -0.05) is 56.7 Å². The van der Waals surface area contributed by atoms with E-state index in [4.69, 9.17) is 24.7 Å². The smallest absolute Gasteiger partial charge is 0.407 e. The van der Waals surface area contributed by atoms with E-state index in [1.165, 1.54) is 0 Å². The Bertz CT molecular complexity index is 1520. The number of nitrogens with one attached hydrogen (secondary N) is 1. The number of anilines is 2. The van der Waals surface area contributed by atoms with Crippen molar-refractivity contribution < 1.29 is 33.3 Å². The van der Waals surface area contributed by atoms with Gasteiger partial charge in [-0.15, -0.1) is 0 Å². The zero-order chi connectivity index (χ0) is 33.1. The average molecular weight is 632 g/mol. The number of methoxy groups -OCH3 is 1. The zero-order valence-electron chi connectivity index (χ0n) is 27.4. The van der Waals surface area contributed by atoms with Crippen LogP contribution in [0.2, 0.25) is 0 Å². The van der Waals surface area contributed by atoms with Crippen molar-refractivity contribution in [3.8, 4) is 16.9 Å². The largest absolute Gasteiger partial charge is 0.496 e. The zero-order valence-corrected chi connectivity index (χ0v) is 27.4. The Hall–Kier alpha value is -4.31. The summed E-state index contributed by atoms with van der Waals surface area (Å²) in [5.41, 5.74) is 10.9. The topological polar surface area (TPSA) is 133 Å². The quantitative estimate of drug-likeness (QED) is 0.254.